The number of hydrogen-bond donors (Lipinski definition) is 1. The molecule has 0 spiro atoms. The van der Waals surface area contributed by atoms with Crippen molar-refractivity contribution in [1.29, 1.82) is 0 Å². The van der Waals surface area contributed by atoms with Crippen molar-refractivity contribution in [2.24, 2.45) is 11.3 Å². The molecule has 1 heterocycles. The summed E-state index contributed by atoms with van der Waals surface area (Å²) in [6, 6.07) is 0.320. The molecule has 1 amide bonds. The van der Waals surface area contributed by atoms with Gasteiger partial charge in [-0.1, -0.05) is 20.8 Å². The zero-order valence-electron chi connectivity index (χ0n) is 10.3. The van der Waals surface area contributed by atoms with Gasteiger partial charge in [-0.05, 0) is 24.2 Å². The molecular weight excluding hydrogens is 190 g/mol. The van der Waals surface area contributed by atoms with Crippen LogP contribution in [0, 0.1) is 11.3 Å². The first-order chi connectivity index (χ1) is 6.98. The van der Waals surface area contributed by atoms with Crippen LogP contribution in [0.2, 0.25) is 0 Å². The van der Waals surface area contributed by atoms with E-state index in [4.69, 9.17) is 4.74 Å². The molecule has 2 atom stereocenters. The lowest BCUT2D eigenvalue weighted by atomic mass is 9.76. The van der Waals surface area contributed by atoms with Crippen molar-refractivity contribution >= 4 is 5.91 Å². The maximum Gasteiger partial charge on any atom is 0.220 e. The summed E-state index contributed by atoms with van der Waals surface area (Å²) in [7, 11) is 1.71. The number of carbonyl (C=O) groups is 1. The highest BCUT2D eigenvalue weighted by Crippen LogP contribution is 2.37. The van der Waals surface area contributed by atoms with Crippen molar-refractivity contribution < 1.29 is 9.53 Å². The van der Waals surface area contributed by atoms with Crippen molar-refractivity contribution in [3.63, 3.8) is 0 Å². The molecule has 1 rings (SSSR count). The minimum Gasteiger partial charge on any atom is -0.385 e. The average molecular weight is 213 g/mol. The molecule has 1 saturated heterocycles. The van der Waals surface area contributed by atoms with E-state index in [0.717, 1.165) is 19.4 Å². The molecule has 0 radical (unpaired) electrons. The van der Waals surface area contributed by atoms with E-state index in [0.29, 0.717) is 18.4 Å². The van der Waals surface area contributed by atoms with Gasteiger partial charge in [-0.2, -0.15) is 0 Å². The predicted octanol–water partition coefficient (Wildman–Crippen LogP) is 1.96. The van der Waals surface area contributed by atoms with E-state index in [1.165, 1.54) is 0 Å². The Morgan fingerprint density at radius 3 is 2.80 bits per heavy atom. The largest absolute Gasteiger partial charge is 0.385 e. The summed E-state index contributed by atoms with van der Waals surface area (Å²) in [5.41, 5.74) is 0.0807. The lowest BCUT2D eigenvalue weighted by Crippen LogP contribution is -2.37. The normalized spacial score (nSPS) is 31.0. The van der Waals surface area contributed by atoms with Crippen molar-refractivity contribution in [3.05, 3.63) is 0 Å². The maximum absolute atomic E-state index is 11.5. The van der Waals surface area contributed by atoms with E-state index in [9.17, 15) is 4.79 Å². The highest BCUT2D eigenvalue weighted by atomic mass is 16.5. The summed E-state index contributed by atoms with van der Waals surface area (Å²) in [5, 5.41) is 3.09. The number of rotatable bonds is 5. The number of methoxy groups -OCH3 is 1. The number of amides is 1. The Morgan fingerprint density at radius 2 is 2.27 bits per heavy atom. The topological polar surface area (TPSA) is 38.3 Å². The zero-order valence-corrected chi connectivity index (χ0v) is 10.3. The van der Waals surface area contributed by atoms with E-state index in [-0.39, 0.29) is 11.3 Å². The Bertz CT molecular complexity index is 228. The van der Waals surface area contributed by atoms with Gasteiger partial charge < -0.3 is 10.1 Å². The van der Waals surface area contributed by atoms with Gasteiger partial charge in [0.2, 0.25) is 5.91 Å². The quantitative estimate of drug-likeness (QED) is 0.758. The summed E-state index contributed by atoms with van der Waals surface area (Å²) in [5.74, 6) is 0.814. The minimum absolute atomic E-state index is 0.0807. The first kappa shape index (κ1) is 12.5. The SMILES string of the molecule is COCCC1(C)CC(=O)NC1CC(C)C. The van der Waals surface area contributed by atoms with Gasteiger partial charge in [-0.25, -0.2) is 0 Å². The predicted molar refractivity (Wildman–Crippen MR) is 60.6 cm³/mol. The first-order valence-corrected chi connectivity index (χ1v) is 5.76. The molecule has 0 aromatic heterocycles. The number of ether oxygens (including phenoxy) is 1. The lowest BCUT2D eigenvalue weighted by molar-refractivity contribution is -0.119. The molecule has 1 fully saturated rings. The van der Waals surface area contributed by atoms with Crippen LogP contribution in [0.15, 0.2) is 0 Å². The average Bonchev–Trinajstić information content (AvgIpc) is 2.38. The second kappa shape index (κ2) is 4.97. The van der Waals surface area contributed by atoms with Crippen LogP contribution < -0.4 is 5.32 Å². The zero-order chi connectivity index (χ0) is 11.5. The summed E-state index contributed by atoms with van der Waals surface area (Å²) in [6.07, 6.45) is 2.67. The van der Waals surface area contributed by atoms with Gasteiger partial charge in [-0.15, -0.1) is 0 Å². The fraction of sp³-hybridized carbons (Fsp3) is 0.917. The molecular formula is C12H23NO2. The van der Waals surface area contributed by atoms with Crippen LogP contribution in [0.3, 0.4) is 0 Å². The third-order valence-corrected chi connectivity index (χ3v) is 3.33. The van der Waals surface area contributed by atoms with Crippen LogP contribution in [-0.4, -0.2) is 25.7 Å². The van der Waals surface area contributed by atoms with Gasteiger partial charge in [0.25, 0.3) is 0 Å². The number of nitrogens with one attached hydrogen (secondary N) is 1. The van der Waals surface area contributed by atoms with Crippen LogP contribution in [0.5, 0.6) is 0 Å². The molecule has 0 saturated carbocycles. The van der Waals surface area contributed by atoms with Gasteiger partial charge in [0.15, 0.2) is 0 Å². The Balaban J connectivity index is 2.61. The van der Waals surface area contributed by atoms with Gasteiger partial charge in [-0.3, -0.25) is 4.79 Å². The third-order valence-electron chi connectivity index (χ3n) is 3.33. The molecule has 15 heavy (non-hydrogen) atoms. The molecule has 0 aliphatic carbocycles. The molecule has 1 aliphatic rings. The first-order valence-electron chi connectivity index (χ1n) is 5.76. The van der Waals surface area contributed by atoms with Crippen LogP contribution in [-0.2, 0) is 9.53 Å². The van der Waals surface area contributed by atoms with E-state index < -0.39 is 0 Å². The summed E-state index contributed by atoms with van der Waals surface area (Å²) in [6.45, 7) is 7.32. The molecule has 3 nitrogen and oxygen atoms in total. The van der Waals surface area contributed by atoms with Gasteiger partial charge in [0, 0.05) is 26.2 Å². The molecule has 2 unspecified atom stereocenters. The van der Waals surface area contributed by atoms with E-state index in [2.05, 4.69) is 26.1 Å². The lowest BCUT2D eigenvalue weighted by Gasteiger charge is -2.31. The van der Waals surface area contributed by atoms with Crippen molar-refractivity contribution in [2.45, 2.75) is 46.1 Å². The molecule has 1 N–H and O–H groups in total. The summed E-state index contributed by atoms with van der Waals surface area (Å²) >= 11 is 0. The van der Waals surface area contributed by atoms with E-state index in [1.807, 2.05) is 0 Å². The van der Waals surface area contributed by atoms with Crippen molar-refractivity contribution in [1.82, 2.24) is 5.32 Å². The van der Waals surface area contributed by atoms with Crippen LogP contribution in [0.1, 0.15) is 40.0 Å². The Morgan fingerprint density at radius 1 is 1.60 bits per heavy atom. The second-order valence-corrected chi connectivity index (χ2v) is 5.32. The fourth-order valence-electron chi connectivity index (χ4n) is 2.32. The molecule has 88 valence electrons. The minimum atomic E-state index is 0.0807. The molecule has 1 aliphatic heterocycles. The van der Waals surface area contributed by atoms with Gasteiger partial charge in [0.05, 0.1) is 0 Å². The highest BCUT2D eigenvalue weighted by Gasteiger charge is 2.42. The molecule has 0 bridgehead atoms. The van der Waals surface area contributed by atoms with E-state index in [1.54, 1.807) is 7.11 Å². The fourth-order valence-corrected chi connectivity index (χ4v) is 2.32. The Labute approximate surface area is 92.6 Å². The van der Waals surface area contributed by atoms with Crippen molar-refractivity contribution in [2.75, 3.05) is 13.7 Å². The third kappa shape index (κ3) is 3.20. The van der Waals surface area contributed by atoms with Crippen LogP contribution >= 0.6 is 0 Å². The molecule has 0 aromatic carbocycles. The standard InChI is InChI=1S/C12H23NO2/c1-9(2)7-10-12(3,5-6-15-4)8-11(14)13-10/h9-10H,5-8H2,1-4H3,(H,13,14). The summed E-state index contributed by atoms with van der Waals surface area (Å²) in [4.78, 5) is 11.5. The van der Waals surface area contributed by atoms with E-state index >= 15 is 0 Å². The highest BCUT2D eigenvalue weighted by molar-refractivity contribution is 5.79. The van der Waals surface area contributed by atoms with Crippen LogP contribution in [0.4, 0.5) is 0 Å². The van der Waals surface area contributed by atoms with Gasteiger partial charge in [0.1, 0.15) is 0 Å². The molecule has 0 aromatic rings. The molecule has 3 heteroatoms. The maximum atomic E-state index is 11.5. The van der Waals surface area contributed by atoms with Crippen molar-refractivity contribution in [3.8, 4) is 0 Å². The van der Waals surface area contributed by atoms with Crippen LogP contribution in [0.25, 0.3) is 0 Å². The smallest absolute Gasteiger partial charge is 0.220 e. The second-order valence-electron chi connectivity index (χ2n) is 5.32. The Kier molecular flexibility index (Phi) is 4.14. The Hall–Kier alpha value is -0.570. The summed E-state index contributed by atoms with van der Waals surface area (Å²) < 4.78 is 5.12. The number of carbonyl (C=O) groups excluding carboxylic acids is 1. The van der Waals surface area contributed by atoms with Gasteiger partial charge >= 0.3 is 0 Å². The monoisotopic (exact) mass is 213 g/mol. The number of hydrogen-bond acceptors (Lipinski definition) is 2.